The molecular formula is C21H22O4. The Kier molecular flexibility index (Phi) is 6.52. The molecule has 25 heavy (non-hydrogen) atoms. The molecule has 2 N–H and O–H groups in total. The van der Waals surface area contributed by atoms with Crippen LogP contribution in [0.2, 0.25) is 0 Å². The van der Waals surface area contributed by atoms with Gasteiger partial charge in [-0.2, -0.15) is 0 Å². The monoisotopic (exact) mass is 338 g/mol. The van der Waals surface area contributed by atoms with Gasteiger partial charge in [0.1, 0.15) is 0 Å². The first-order chi connectivity index (χ1) is 12.0. The lowest BCUT2D eigenvalue weighted by Gasteiger charge is -2.18. The molecule has 0 saturated heterocycles. The van der Waals surface area contributed by atoms with Crippen LogP contribution in [0.1, 0.15) is 37.3 Å². The molecule has 0 heterocycles. The summed E-state index contributed by atoms with van der Waals surface area (Å²) in [6.45, 7) is 2.00. The zero-order chi connectivity index (χ0) is 18.2. The summed E-state index contributed by atoms with van der Waals surface area (Å²) in [5, 5.41) is 18.6. The Morgan fingerprint density at radius 2 is 1.28 bits per heavy atom. The van der Waals surface area contributed by atoms with Gasteiger partial charge in [-0.25, -0.2) is 0 Å². The van der Waals surface area contributed by atoms with Gasteiger partial charge in [-0.05, 0) is 29.5 Å². The second-order valence-corrected chi connectivity index (χ2v) is 5.89. The van der Waals surface area contributed by atoms with Crippen molar-refractivity contribution in [2.24, 2.45) is 5.92 Å². The number of carboxylic acids is 2. The fraction of sp³-hybridized carbons (Fsp3) is 0.238. The maximum Gasteiger partial charge on any atom is 0.318 e. The van der Waals surface area contributed by atoms with E-state index in [-0.39, 0.29) is 6.42 Å². The van der Waals surface area contributed by atoms with Crippen molar-refractivity contribution in [1.29, 1.82) is 0 Å². The number of allylic oxidation sites excluding steroid dienone is 1. The molecule has 2 aromatic carbocycles. The summed E-state index contributed by atoms with van der Waals surface area (Å²) in [6.07, 6.45) is 1.46. The van der Waals surface area contributed by atoms with Crippen molar-refractivity contribution < 1.29 is 19.8 Å². The minimum atomic E-state index is -1.44. The first-order valence-corrected chi connectivity index (χ1v) is 8.33. The Bertz CT molecular complexity index is 692. The number of hydrogen-bond acceptors (Lipinski definition) is 2. The van der Waals surface area contributed by atoms with Crippen LogP contribution >= 0.6 is 0 Å². The lowest BCUT2D eigenvalue weighted by molar-refractivity contribution is -0.154. The van der Waals surface area contributed by atoms with Gasteiger partial charge in [-0.15, -0.1) is 0 Å². The Morgan fingerprint density at radius 3 is 1.64 bits per heavy atom. The molecule has 2 rings (SSSR count). The third-order valence-electron chi connectivity index (χ3n) is 4.08. The van der Waals surface area contributed by atoms with Gasteiger partial charge in [-0.3, -0.25) is 9.59 Å². The molecule has 0 unspecified atom stereocenters. The van der Waals surface area contributed by atoms with E-state index in [0.29, 0.717) is 6.42 Å². The van der Waals surface area contributed by atoms with Crippen molar-refractivity contribution in [1.82, 2.24) is 0 Å². The fourth-order valence-corrected chi connectivity index (χ4v) is 2.94. The molecule has 2 aromatic rings. The zero-order valence-corrected chi connectivity index (χ0v) is 14.2. The van der Waals surface area contributed by atoms with Crippen LogP contribution in [0.4, 0.5) is 0 Å². The average Bonchev–Trinajstić information content (AvgIpc) is 2.61. The fourth-order valence-electron chi connectivity index (χ4n) is 2.94. The standard InChI is InChI=1S/C21H22O4/c1-2-9-17(14-18(20(22)23)21(24)25)19(15-10-5-3-6-11-15)16-12-7-4-8-13-16/h3-8,10-13,18H,2,9,14H2,1H3,(H,22,23)(H,24,25). The van der Waals surface area contributed by atoms with Gasteiger partial charge in [0.2, 0.25) is 0 Å². The average molecular weight is 338 g/mol. The maximum atomic E-state index is 11.4. The van der Waals surface area contributed by atoms with Crippen LogP contribution in [0.5, 0.6) is 0 Å². The SMILES string of the molecule is CCCC(CC(C(=O)O)C(=O)O)=C(c1ccccc1)c1ccccc1. The van der Waals surface area contributed by atoms with Crippen molar-refractivity contribution in [3.8, 4) is 0 Å². The van der Waals surface area contributed by atoms with Crippen molar-refractivity contribution in [2.75, 3.05) is 0 Å². The Hall–Kier alpha value is -2.88. The van der Waals surface area contributed by atoms with Crippen LogP contribution in [0.25, 0.3) is 5.57 Å². The zero-order valence-electron chi connectivity index (χ0n) is 14.2. The van der Waals surface area contributed by atoms with Gasteiger partial charge in [-0.1, -0.05) is 79.6 Å². The molecule has 0 aliphatic heterocycles. The van der Waals surface area contributed by atoms with Crippen molar-refractivity contribution >= 4 is 17.5 Å². The molecule has 0 atom stereocenters. The minimum absolute atomic E-state index is 0.00235. The molecule has 130 valence electrons. The summed E-state index contributed by atoms with van der Waals surface area (Å²) in [5.74, 6) is -4.05. The highest BCUT2D eigenvalue weighted by molar-refractivity contribution is 5.94. The summed E-state index contributed by atoms with van der Waals surface area (Å²) in [5.41, 5.74) is 3.71. The third-order valence-corrected chi connectivity index (χ3v) is 4.08. The number of hydrogen-bond donors (Lipinski definition) is 2. The summed E-state index contributed by atoms with van der Waals surface area (Å²) >= 11 is 0. The first kappa shape index (κ1) is 18.5. The van der Waals surface area contributed by atoms with Gasteiger partial charge in [0.05, 0.1) is 0 Å². The second kappa shape index (κ2) is 8.83. The van der Waals surface area contributed by atoms with Gasteiger partial charge < -0.3 is 10.2 Å². The van der Waals surface area contributed by atoms with Gasteiger partial charge in [0.15, 0.2) is 5.92 Å². The highest BCUT2D eigenvalue weighted by Gasteiger charge is 2.28. The molecule has 4 heteroatoms. The molecule has 0 bridgehead atoms. The van der Waals surface area contributed by atoms with Gasteiger partial charge in [0.25, 0.3) is 0 Å². The van der Waals surface area contributed by atoms with Gasteiger partial charge in [0, 0.05) is 0 Å². The second-order valence-electron chi connectivity index (χ2n) is 5.89. The van der Waals surface area contributed by atoms with Crippen LogP contribution in [-0.4, -0.2) is 22.2 Å². The van der Waals surface area contributed by atoms with Gasteiger partial charge >= 0.3 is 11.9 Å². The summed E-state index contributed by atoms with van der Waals surface area (Å²) in [6, 6.07) is 19.4. The van der Waals surface area contributed by atoms with E-state index in [1.807, 2.05) is 67.6 Å². The number of benzene rings is 2. The predicted octanol–water partition coefficient (Wildman–Crippen LogP) is 4.46. The molecule has 0 aliphatic carbocycles. The normalized spacial score (nSPS) is 10.5. The number of carbonyl (C=O) groups is 2. The van der Waals surface area contributed by atoms with E-state index in [1.165, 1.54) is 0 Å². The van der Waals surface area contributed by atoms with E-state index < -0.39 is 17.9 Å². The molecule has 0 saturated carbocycles. The van der Waals surface area contributed by atoms with Crippen LogP contribution < -0.4 is 0 Å². The van der Waals surface area contributed by atoms with Crippen LogP contribution in [0, 0.1) is 5.92 Å². The smallest absolute Gasteiger partial charge is 0.318 e. The van der Waals surface area contributed by atoms with E-state index in [2.05, 4.69) is 0 Å². The molecule has 0 aromatic heterocycles. The Morgan fingerprint density at radius 1 is 0.840 bits per heavy atom. The largest absolute Gasteiger partial charge is 0.481 e. The minimum Gasteiger partial charge on any atom is -0.481 e. The molecule has 0 fully saturated rings. The van der Waals surface area contributed by atoms with E-state index >= 15 is 0 Å². The summed E-state index contributed by atoms with van der Waals surface area (Å²) in [7, 11) is 0. The van der Waals surface area contributed by atoms with Crippen molar-refractivity contribution in [3.63, 3.8) is 0 Å². The predicted molar refractivity (Wildman–Crippen MR) is 97.2 cm³/mol. The summed E-state index contributed by atoms with van der Waals surface area (Å²) < 4.78 is 0. The Balaban J connectivity index is 2.62. The third kappa shape index (κ3) is 4.80. The highest BCUT2D eigenvalue weighted by Crippen LogP contribution is 2.32. The lowest BCUT2D eigenvalue weighted by Crippen LogP contribution is -2.24. The van der Waals surface area contributed by atoms with E-state index in [4.69, 9.17) is 0 Å². The topological polar surface area (TPSA) is 74.6 Å². The summed E-state index contributed by atoms with van der Waals surface area (Å²) in [4.78, 5) is 22.7. The number of carboxylic acid groups (broad SMARTS) is 2. The highest BCUT2D eigenvalue weighted by atomic mass is 16.4. The Labute approximate surface area is 147 Å². The molecular weight excluding hydrogens is 316 g/mol. The van der Waals surface area contributed by atoms with Crippen molar-refractivity contribution in [2.45, 2.75) is 26.2 Å². The molecule has 0 amide bonds. The quantitative estimate of drug-likeness (QED) is 0.697. The van der Waals surface area contributed by atoms with Crippen LogP contribution in [0.15, 0.2) is 66.2 Å². The van der Waals surface area contributed by atoms with Crippen LogP contribution in [-0.2, 0) is 9.59 Å². The molecule has 0 aliphatic rings. The first-order valence-electron chi connectivity index (χ1n) is 8.33. The number of rotatable bonds is 8. The lowest BCUT2D eigenvalue weighted by atomic mass is 9.86. The van der Waals surface area contributed by atoms with Crippen LogP contribution in [0.3, 0.4) is 0 Å². The molecule has 0 spiro atoms. The van der Waals surface area contributed by atoms with E-state index in [9.17, 15) is 19.8 Å². The number of aliphatic carboxylic acids is 2. The maximum absolute atomic E-state index is 11.4. The van der Waals surface area contributed by atoms with E-state index in [1.54, 1.807) is 0 Å². The molecule has 4 nitrogen and oxygen atoms in total. The van der Waals surface area contributed by atoms with E-state index in [0.717, 1.165) is 28.7 Å². The molecule has 0 radical (unpaired) electrons. The van der Waals surface area contributed by atoms with Crippen molar-refractivity contribution in [3.05, 3.63) is 77.4 Å².